The standard InChI is InChI=1S/C12H12N2O2S/c1-2-16-9-5-3-8(4-6-9)7-10-11(15)14-12(13)17-10/h3-7H,2H2,1H3,(H2,13,14,15)/b10-7+. The summed E-state index contributed by atoms with van der Waals surface area (Å²) >= 11 is 1.19. The lowest BCUT2D eigenvalue weighted by molar-refractivity contribution is -0.113. The summed E-state index contributed by atoms with van der Waals surface area (Å²) in [7, 11) is 0. The highest BCUT2D eigenvalue weighted by Crippen LogP contribution is 2.26. The Hall–Kier alpha value is -1.75. The molecule has 0 saturated heterocycles. The molecule has 0 saturated carbocycles. The number of amidine groups is 1. The first-order valence-electron chi connectivity index (χ1n) is 5.20. The number of hydrogen-bond donors (Lipinski definition) is 1. The Kier molecular flexibility index (Phi) is 3.49. The van der Waals surface area contributed by atoms with E-state index in [2.05, 4.69) is 4.99 Å². The van der Waals surface area contributed by atoms with Gasteiger partial charge in [-0.3, -0.25) is 4.79 Å². The summed E-state index contributed by atoms with van der Waals surface area (Å²) in [6.45, 7) is 2.57. The van der Waals surface area contributed by atoms with Crippen LogP contribution in [0.3, 0.4) is 0 Å². The summed E-state index contributed by atoms with van der Waals surface area (Å²) in [6, 6.07) is 7.51. The van der Waals surface area contributed by atoms with Crippen LogP contribution < -0.4 is 10.5 Å². The van der Waals surface area contributed by atoms with Crippen molar-refractivity contribution in [3.05, 3.63) is 34.7 Å². The molecule has 1 heterocycles. The van der Waals surface area contributed by atoms with Crippen molar-refractivity contribution in [1.29, 1.82) is 0 Å². The first-order chi connectivity index (χ1) is 8.19. The molecule has 0 fully saturated rings. The van der Waals surface area contributed by atoms with E-state index in [9.17, 15) is 4.79 Å². The lowest BCUT2D eigenvalue weighted by Crippen LogP contribution is -2.01. The van der Waals surface area contributed by atoms with Crippen LogP contribution in [0.25, 0.3) is 6.08 Å². The van der Waals surface area contributed by atoms with Gasteiger partial charge in [0, 0.05) is 0 Å². The molecule has 0 spiro atoms. The van der Waals surface area contributed by atoms with Gasteiger partial charge in [0.15, 0.2) is 5.17 Å². The maximum atomic E-state index is 11.4. The molecule has 1 aromatic carbocycles. The third-order valence-electron chi connectivity index (χ3n) is 2.13. The number of carbonyl (C=O) groups is 1. The van der Waals surface area contributed by atoms with Gasteiger partial charge < -0.3 is 10.5 Å². The van der Waals surface area contributed by atoms with E-state index in [1.807, 2.05) is 31.2 Å². The van der Waals surface area contributed by atoms with E-state index in [-0.39, 0.29) is 5.91 Å². The van der Waals surface area contributed by atoms with Gasteiger partial charge in [-0.1, -0.05) is 12.1 Å². The van der Waals surface area contributed by atoms with Crippen molar-refractivity contribution in [1.82, 2.24) is 0 Å². The van der Waals surface area contributed by atoms with Crippen LogP contribution in [0.1, 0.15) is 12.5 Å². The third-order valence-corrected chi connectivity index (χ3v) is 2.94. The van der Waals surface area contributed by atoms with Crippen LogP contribution in [-0.4, -0.2) is 17.7 Å². The molecule has 2 N–H and O–H groups in total. The number of thioether (sulfide) groups is 1. The average molecular weight is 248 g/mol. The summed E-state index contributed by atoms with van der Waals surface area (Å²) in [5, 5.41) is 0.298. The van der Waals surface area contributed by atoms with Crippen LogP contribution in [0.5, 0.6) is 5.75 Å². The second-order valence-corrected chi connectivity index (χ2v) is 4.43. The molecule has 0 aromatic heterocycles. The molecule has 1 aromatic rings. The summed E-state index contributed by atoms with van der Waals surface area (Å²) in [5.41, 5.74) is 6.39. The molecule has 0 aliphatic carbocycles. The Morgan fingerprint density at radius 1 is 1.41 bits per heavy atom. The number of carbonyl (C=O) groups excluding carboxylic acids is 1. The van der Waals surface area contributed by atoms with E-state index in [4.69, 9.17) is 10.5 Å². The first-order valence-corrected chi connectivity index (χ1v) is 6.01. The smallest absolute Gasteiger partial charge is 0.286 e. The lowest BCUT2D eigenvalue weighted by atomic mass is 10.2. The van der Waals surface area contributed by atoms with Gasteiger partial charge in [0.1, 0.15) is 5.75 Å². The molecule has 0 unspecified atom stereocenters. The fourth-order valence-electron chi connectivity index (χ4n) is 1.40. The number of ether oxygens (including phenoxy) is 1. The Morgan fingerprint density at radius 3 is 2.65 bits per heavy atom. The van der Waals surface area contributed by atoms with Gasteiger partial charge in [0.2, 0.25) is 0 Å². The highest BCUT2D eigenvalue weighted by Gasteiger charge is 2.19. The number of rotatable bonds is 3. The molecule has 4 nitrogen and oxygen atoms in total. The van der Waals surface area contributed by atoms with Gasteiger partial charge in [-0.05, 0) is 42.5 Å². The van der Waals surface area contributed by atoms with E-state index >= 15 is 0 Å². The zero-order valence-corrected chi connectivity index (χ0v) is 10.2. The maximum absolute atomic E-state index is 11.4. The minimum atomic E-state index is -0.276. The second kappa shape index (κ2) is 5.05. The summed E-state index contributed by atoms with van der Waals surface area (Å²) in [5.74, 6) is 0.539. The minimum Gasteiger partial charge on any atom is -0.494 e. The predicted molar refractivity (Wildman–Crippen MR) is 69.8 cm³/mol. The van der Waals surface area contributed by atoms with Gasteiger partial charge in [0.05, 0.1) is 11.5 Å². The Labute approximate surface area is 104 Å². The zero-order chi connectivity index (χ0) is 12.3. The van der Waals surface area contributed by atoms with E-state index in [0.29, 0.717) is 16.7 Å². The van der Waals surface area contributed by atoms with E-state index < -0.39 is 0 Å². The fraction of sp³-hybridized carbons (Fsp3) is 0.167. The van der Waals surface area contributed by atoms with Crippen LogP contribution in [0.15, 0.2) is 34.2 Å². The molecular weight excluding hydrogens is 236 g/mol. The van der Waals surface area contributed by atoms with Gasteiger partial charge in [-0.15, -0.1) is 0 Å². The largest absolute Gasteiger partial charge is 0.494 e. The summed E-state index contributed by atoms with van der Waals surface area (Å²) in [6.07, 6.45) is 1.77. The topological polar surface area (TPSA) is 64.7 Å². The van der Waals surface area contributed by atoms with Crippen LogP contribution in [0, 0.1) is 0 Å². The van der Waals surface area contributed by atoms with E-state index in [1.54, 1.807) is 6.08 Å². The van der Waals surface area contributed by atoms with Crippen molar-refractivity contribution in [2.75, 3.05) is 6.61 Å². The molecule has 17 heavy (non-hydrogen) atoms. The van der Waals surface area contributed by atoms with Crippen LogP contribution in [0.2, 0.25) is 0 Å². The Balaban J connectivity index is 2.14. The number of aliphatic imine (C=N–C) groups is 1. The molecule has 1 aliphatic heterocycles. The van der Waals surface area contributed by atoms with E-state index in [1.165, 1.54) is 11.8 Å². The Bertz CT molecular complexity index is 492. The zero-order valence-electron chi connectivity index (χ0n) is 9.34. The van der Waals surface area contributed by atoms with Crippen molar-refractivity contribution in [2.45, 2.75) is 6.92 Å². The minimum absolute atomic E-state index is 0.276. The highest BCUT2D eigenvalue weighted by atomic mass is 32.2. The maximum Gasteiger partial charge on any atom is 0.286 e. The van der Waals surface area contributed by atoms with Gasteiger partial charge in [-0.2, -0.15) is 4.99 Å². The summed E-state index contributed by atoms with van der Waals surface area (Å²) in [4.78, 5) is 15.6. The molecule has 88 valence electrons. The molecule has 1 amide bonds. The monoisotopic (exact) mass is 248 g/mol. The molecule has 0 atom stereocenters. The SMILES string of the molecule is CCOc1ccc(/C=C2/SC(N)=NC2=O)cc1. The molecular formula is C12H12N2O2S. The molecule has 0 radical (unpaired) electrons. The first kappa shape index (κ1) is 11.7. The van der Waals surface area contributed by atoms with Gasteiger partial charge >= 0.3 is 0 Å². The molecule has 5 heteroatoms. The quantitative estimate of drug-likeness (QED) is 0.831. The van der Waals surface area contributed by atoms with Crippen molar-refractivity contribution < 1.29 is 9.53 Å². The summed E-state index contributed by atoms with van der Waals surface area (Å²) < 4.78 is 5.33. The van der Waals surface area contributed by atoms with Crippen molar-refractivity contribution in [3.63, 3.8) is 0 Å². The van der Waals surface area contributed by atoms with Gasteiger partial charge in [-0.25, -0.2) is 0 Å². The van der Waals surface area contributed by atoms with Crippen molar-refractivity contribution in [3.8, 4) is 5.75 Å². The normalized spacial score (nSPS) is 17.4. The van der Waals surface area contributed by atoms with Crippen LogP contribution >= 0.6 is 11.8 Å². The molecule has 2 rings (SSSR count). The average Bonchev–Trinajstić information content (AvgIpc) is 2.61. The van der Waals surface area contributed by atoms with E-state index in [0.717, 1.165) is 11.3 Å². The highest BCUT2D eigenvalue weighted by molar-refractivity contribution is 8.18. The van der Waals surface area contributed by atoms with Crippen molar-refractivity contribution in [2.24, 2.45) is 10.7 Å². The number of amides is 1. The lowest BCUT2D eigenvalue weighted by Gasteiger charge is -2.02. The third kappa shape index (κ3) is 2.88. The van der Waals surface area contributed by atoms with Crippen LogP contribution in [0.4, 0.5) is 0 Å². The van der Waals surface area contributed by atoms with Gasteiger partial charge in [0.25, 0.3) is 5.91 Å². The molecule has 1 aliphatic rings. The number of hydrogen-bond acceptors (Lipinski definition) is 4. The van der Waals surface area contributed by atoms with Crippen molar-refractivity contribution >= 4 is 28.9 Å². The predicted octanol–water partition coefficient (Wildman–Crippen LogP) is 2.01. The second-order valence-electron chi connectivity index (χ2n) is 3.37. The Morgan fingerprint density at radius 2 is 2.12 bits per heavy atom. The number of nitrogens with zero attached hydrogens (tertiary/aromatic N) is 1. The number of nitrogens with two attached hydrogens (primary N) is 1. The fourth-order valence-corrected chi connectivity index (χ4v) is 2.09. The molecule has 0 bridgehead atoms. The van der Waals surface area contributed by atoms with Crippen LogP contribution in [-0.2, 0) is 4.79 Å². The number of benzene rings is 1.